The third-order valence-electron chi connectivity index (χ3n) is 8.00. The van der Waals surface area contributed by atoms with Gasteiger partial charge in [0, 0.05) is 25.6 Å². The second-order valence-electron chi connectivity index (χ2n) is 10.7. The fraction of sp³-hybridized carbons (Fsp3) is 0.567. The summed E-state index contributed by atoms with van der Waals surface area (Å²) in [7, 11) is 0. The molecule has 2 fully saturated rings. The molecular weight excluding hydrogens is 514 g/mol. The fourth-order valence-corrected chi connectivity index (χ4v) is 5.73. The van der Waals surface area contributed by atoms with Crippen LogP contribution in [0.1, 0.15) is 86.7 Å². The van der Waals surface area contributed by atoms with Crippen LogP contribution in [-0.4, -0.2) is 47.6 Å². The standard InChI is InChI=1S/C30H38ClN5O3/c1-21-27(14-12-25(32-2)29(21)31)39-24-10-8-23(9-11-24)33-30(38)26-13-15-28(35-34-26)36-18-16-22(17-19-36)7-5-3-4-6-20-37/h12-15,20,22-24H,3-11,16-19H2,1H3,(H,33,38). The van der Waals surface area contributed by atoms with Gasteiger partial charge in [-0.2, -0.15) is 0 Å². The average Bonchev–Trinajstić information content (AvgIpc) is 2.97. The van der Waals surface area contributed by atoms with Gasteiger partial charge in [-0.05, 0) is 81.5 Å². The molecule has 2 aromatic rings. The van der Waals surface area contributed by atoms with Crippen molar-refractivity contribution >= 4 is 35.3 Å². The molecule has 0 unspecified atom stereocenters. The zero-order valence-corrected chi connectivity index (χ0v) is 23.5. The van der Waals surface area contributed by atoms with Crippen LogP contribution in [0, 0.1) is 19.4 Å². The Morgan fingerprint density at radius 1 is 1.10 bits per heavy atom. The number of carbonyl (C=O) groups is 2. The number of hydrogen-bond donors (Lipinski definition) is 1. The van der Waals surface area contributed by atoms with Gasteiger partial charge in [0.05, 0.1) is 17.7 Å². The molecule has 2 aliphatic rings. The smallest absolute Gasteiger partial charge is 0.272 e. The van der Waals surface area contributed by atoms with Gasteiger partial charge in [0.2, 0.25) is 5.69 Å². The first-order chi connectivity index (χ1) is 19.0. The molecule has 4 rings (SSSR count). The minimum atomic E-state index is -0.191. The highest BCUT2D eigenvalue weighted by molar-refractivity contribution is 6.34. The summed E-state index contributed by atoms with van der Waals surface area (Å²) in [5, 5.41) is 12.1. The Balaban J connectivity index is 1.18. The molecule has 1 aromatic heterocycles. The van der Waals surface area contributed by atoms with E-state index in [4.69, 9.17) is 22.9 Å². The summed E-state index contributed by atoms with van der Waals surface area (Å²) in [6.45, 7) is 11.0. The van der Waals surface area contributed by atoms with Gasteiger partial charge >= 0.3 is 0 Å². The predicted octanol–water partition coefficient (Wildman–Crippen LogP) is 6.48. The molecule has 8 nitrogen and oxygen atoms in total. The van der Waals surface area contributed by atoms with E-state index in [2.05, 4.69) is 25.3 Å². The molecule has 1 saturated carbocycles. The number of anilines is 1. The molecule has 1 aromatic carbocycles. The van der Waals surface area contributed by atoms with Crippen molar-refractivity contribution in [3.63, 3.8) is 0 Å². The maximum absolute atomic E-state index is 12.8. The van der Waals surface area contributed by atoms with E-state index in [9.17, 15) is 9.59 Å². The maximum atomic E-state index is 12.8. The third kappa shape index (κ3) is 7.92. The molecule has 1 aliphatic heterocycles. The summed E-state index contributed by atoms with van der Waals surface area (Å²) < 4.78 is 6.18. The first-order valence-corrected chi connectivity index (χ1v) is 14.5. The van der Waals surface area contributed by atoms with Gasteiger partial charge in [0.15, 0.2) is 11.5 Å². The molecule has 0 spiro atoms. The third-order valence-corrected chi connectivity index (χ3v) is 8.47. The van der Waals surface area contributed by atoms with E-state index in [-0.39, 0.29) is 18.1 Å². The molecule has 1 N–H and O–H groups in total. The molecule has 0 radical (unpaired) electrons. The van der Waals surface area contributed by atoms with Crippen LogP contribution >= 0.6 is 11.6 Å². The molecule has 208 valence electrons. The van der Waals surface area contributed by atoms with Crippen LogP contribution in [0.15, 0.2) is 24.3 Å². The highest BCUT2D eigenvalue weighted by Gasteiger charge is 2.26. The van der Waals surface area contributed by atoms with Crippen LogP contribution < -0.4 is 15.0 Å². The molecule has 39 heavy (non-hydrogen) atoms. The molecule has 2 heterocycles. The van der Waals surface area contributed by atoms with Crippen LogP contribution in [-0.2, 0) is 4.79 Å². The van der Waals surface area contributed by atoms with E-state index in [0.29, 0.717) is 28.6 Å². The van der Waals surface area contributed by atoms with Crippen LogP contribution in [0.5, 0.6) is 5.75 Å². The number of hydrogen-bond acceptors (Lipinski definition) is 6. The number of benzene rings is 1. The lowest BCUT2D eigenvalue weighted by atomic mass is 9.91. The second kappa shape index (κ2) is 14.3. The lowest BCUT2D eigenvalue weighted by Crippen LogP contribution is -2.40. The van der Waals surface area contributed by atoms with Crippen molar-refractivity contribution in [2.45, 2.75) is 89.7 Å². The largest absolute Gasteiger partial charge is 0.490 e. The van der Waals surface area contributed by atoms with Crippen molar-refractivity contribution in [2.75, 3.05) is 18.0 Å². The Hall–Kier alpha value is -3.18. The quantitative estimate of drug-likeness (QED) is 0.195. The lowest BCUT2D eigenvalue weighted by molar-refractivity contribution is -0.107. The normalized spacial score (nSPS) is 19.8. The van der Waals surface area contributed by atoms with Crippen LogP contribution in [0.25, 0.3) is 4.85 Å². The monoisotopic (exact) mass is 551 g/mol. The van der Waals surface area contributed by atoms with Gasteiger partial charge in [-0.15, -0.1) is 10.2 Å². The van der Waals surface area contributed by atoms with Gasteiger partial charge < -0.3 is 19.7 Å². The fourth-order valence-electron chi connectivity index (χ4n) is 5.53. The van der Waals surface area contributed by atoms with Gasteiger partial charge in [-0.3, -0.25) is 4.79 Å². The molecule has 0 atom stereocenters. The SMILES string of the molecule is [C-]#[N+]c1ccc(OC2CCC(NC(=O)c3ccc(N4CCC(CCCCCC=O)CC4)nn3)CC2)c(C)c1Cl. The van der Waals surface area contributed by atoms with E-state index in [1.165, 1.54) is 12.8 Å². The number of nitrogens with one attached hydrogen (secondary N) is 1. The number of piperidine rings is 1. The van der Waals surface area contributed by atoms with Gasteiger partial charge in [-0.25, -0.2) is 4.85 Å². The Bertz CT molecular complexity index is 1150. The van der Waals surface area contributed by atoms with Crippen LogP contribution in [0.2, 0.25) is 5.02 Å². The lowest BCUT2D eigenvalue weighted by Gasteiger charge is -2.32. The number of amides is 1. The number of aromatic nitrogens is 2. The number of aldehydes is 1. The summed E-state index contributed by atoms with van der Waals surface area (Å²) in [4.78, 5) is 28.9. The topological polar surface area (TPSA) is 88.8 Å². The summed E-state index contributed by atoms with van der Waals surface area (Å²) in [5.41, 5.74) is 1.56. The second-order valence-corrected chi connectivity index (χ2v) is 11.1. The molecule has 0 bridgehead atoms. The van der Waals surface area contributed by atoms with E-state index in [1.807, 2.05) is 19.1 Å². The molecule has 1 aliphatic carbocycles. The Labute approximate surface area is 236 Å². The van der Waals surface area contributed by atoms with Crippen molar-refractivity contribution in [1.29, 1.82) is 0 Å². The number of rotatable bonds is 11. The zero-order valence-electron chi connectivity index (χ0n) is 22.7. The van der Waals surface area contributed by atoms with Crippen molar-refractivity contribution < 1.29 is 14.3 Å². The van der Waals surface area contributed by atoms with Crippen molar-refractivity contribution in [2.24, 2.45) is 5.92 Å². The van der Waals surface area contributed by atoms with Crippen molar-refractivity contribution in [3.8, 4) is 5.75 Å². The maximum Gasteiger partial charge on any atom is 0.272 e. The molecule has 9 heteroatoms. The van der Waals surface area contributed by atoms with E-state index in [0.717, 1.165) is 88.0 Å². The summed E-state index contributed by atoms with van der Waals surface area (Å²) in [5.74, 6) is 2.09. The van der Waals surface area contributed by atoms with Gasteiger partial charge in [-0.1, -0.05) is 36.9 Å². The highest BCUT2D eigenvalue weighted by atomic mass is 35.5. The van der Waals surface area contributed by atoms with E-state index in [1.54, 1.807) is 12.1 Å². The molecular formula is C30H38ClN5O3. The minimum absolute atomic E-state index is 0.0531. The number of halogens is 1. The minimum Gasteiger partial charge on any atom is -0.490 e. The molecule has 1 saturated heterocycles. The Kier molecular flexibility index (Phi) is 10.5. The number of unbranched alkanes of at least 4 members (excludes halogenated alkanes) is 3. The van der Waals surface area contributed by atoms with Crippen LogP contribution in [0.3, 0.4) is 0 Å². The average molecular weight is 552 g/mol. The number of ether oxygens (including phenoxy) is 1. The van der Waals surface area contributed by atoms with Crippen molar-refractivity contribution in [3.05, 3.63) is 52.0 Å². The van der Waals surface area contributed by atoms with E-state index >= 15 is 0 Å². The first-order valence-electron chi connectivity index (χ1n) is 14.1. The highest BCUT2D eigenvalue weighted by Crippen LogP contribution is 2.36. The van der Waals surface area contributed by atoms with Crippen molar-refractivity contribution in [1.82, 2.24) is 15.5 Å². The predicted molar refractivity (Wildman–Crippen MR) is 153 cm³/mol. The van der Waals surface area contributed by atoms with E-state index < -0.39 is 0 Å². The summed E-state index contributed by atoms with van der Waals surface area (Å²) in [6, 6.07) is 7.25. The van der Waals surface area contributed by atoms with Crippen LogP contribution in [0.4, 0.5) is 11.5 Å². The summed E-state index contributed by atoms with van der Waals surface area (Å²) in [6.07, 6.45) is 11.9. The number of carbonyl (C=O) groups excluding carboxylic acids is 2. The summed E-state index contributed by atoms with van der Waals surface area (Å²) >= 11 is 6.28. The Morgan fingerprint density at radius 2 is 1.87 bits per heavy atom. The zero-order chi connectivity index (χ0) is 27.6. The molecule has 1 amide bonds. The number of nitrogens with zero attached hydrogens (tertiary/aromatic N) is 4. The van der Waals surface area contributed by atoms with Gasteiger partial charge in [0.25, 0.3) is 5.91 Å². The Morgan fingerprint density at radius 3 is 2.54 bits per heavy atom. The van der Waals surface area contributed by atoms with Gasteiger partial charge in [0.1, 0.15) is 12.0 Å². The first kappa shape index (κ1) is 28.8.